The predicted molar refractivity (Wildman–Crippen MR) is 41.2 cm³/mol. The minimum atomic E-state index is 1.01. The van der Waals surface area contributed by atoms with Gasteiger partial charge in [-0.25, -0.2) is 0 Å². The normalized spacial score (nSPS) is 23.1. The molecule has 0 bridgehead atoms. The molecule has 0 aromatic rings. The molecular weight excluding hydrogens is 124 g/mol. The number of fused-ring (bicyclic) bond motifs is 1. The molecule has 0 aromatic carbocycles. The molecule has 0 aromatic heterocycles. The first-order valence-corrected chi connectivity index (χ1v) is 3.71. The second kappa shape index (κ2) is 2.04. The maximum absolute atomic E-state index is 3.33. The lowest BCUT2D eigenvalue weighted by atomic mass is 10.2. The Hall–Kier alpha value is -0.920. The fourth-order valence-corrected chi connectivity index (χ4v) is 1.50. The van der Waals surface area contributed by atoms with Gasteiger partial charge in [0.15, 0.2) is 0 Å². The zero-order chi connectivity index (χ0) is 6.97. The number of hydrogen-bond acceptors (Lipinski definition) is 2. The molecule has 2 heterocycles. The smallest absolute Gasteiger partial charge is 0.0875 e. The summed E-state index contributed by atoms with van der Waals surface area (Å²) in [5.41, 5.74) is 2.83. The van der Waals surface area contributed by atoms with Crippen molar-refractivity contribution in [3.8, 4) is 0 Å². The molecule has 0 saturated heterocycles. The molecule has 2 nitrogen and oxygen atoms in total. The lowest BCUT2D eigenvalue weighted by molar-refractivity contribution is 0.387. The van der Waals surface area contributed by atoms with Crippen LogP contribution in [0.1, 0.15) is 13.3 Å². The Morgan fingerprint density at radius 2 is 2.40 bits per heavy atom. The molecule has 2 aliphatic rings. The summed E-state index contributed by atoms with van der Waals surface area (Å²) in [5, 5.41) is 3.33. The van der Waals surface area contributed by atoms with Crippen molar-refractivity contribution in [1.82, 2.24) is 10.2 Å². The summed E-state index contributed by atoms with van der Waals surface area (Å²) < 4.78 is 0. The highest BCUT2D eigenvalue weighted by Crippen LogP contribution is 2.21. The number of nitrogens with zero attached hydrogens (tertiary/aromatic N) is 1. The van der Waals surface area contributed by atoms with Gasteiger partial charge in [-0.15, -0.1) is 0 Å². The van der Waals surface area contributed by atoms with Crippen molar-refractivity contribution in [2.75, 3.05) is 13.2 Å². The van der Waals surface area contributed by atoms with Crippen LogP contribution < -0.4 is 5.32 Å². The lowest BCUT2D eigenvalue weighted by Crippen LogP contribution is -2.25. The summed E-state index contributed by atoms with van der Waals surface area (Å²) in [7, 11) is 0. The molecule has 0 saturated carbocycles. The Morgan fingerprint density at radius 3 is 3.20 bits per heavy atom. The summed E-state index contributed by atoms with van der Waals surface area (Å²) in [4.78, 5) is 2.37. The first kappa shape index (κ1) is 5.83. The molecule has 1 N–H and O–H groups in total. The average molecular weight is 136 g/mol. The Labute approximate surface area is 61.2 Å². The maximum atomic E-state index is 3.33. The quantitative estimate of drug-likeness (QED) is 0.500. The van der Waals surface area contributed by atoms with Gasteiger partial charge in [0, 0.05) is 24.4 Å². The second-order valence-electron chi connectivity index (χ2n) is 2.80. The standard InChI is InChI=1S/C8H12N2/c1-7-8-4-2-3-5-10(8)6-9-7/h2-3,9H,4-6H2,1H3. The minimum Gasteiger partial charge on any atom is -0.370 e. The number of rotatable bonds is 0. The van der Waals surface area contributed by atoms with Crippen LogP contribution in [0.25, 0.3) is 0 Å². The van der Waals surface area contributed by atoms with E-state index >= 15 is 0 Å². The SMILES string of the molecule is CC1=C2CC=CCN2CN1. The first-order chi connectivity index (χ1) is 4.88. The van der Waals surface area contributed by atoms with Crippen LogP contribution in [-0.4, -0.2) is 18.1 Å². The van der Waals surface area contributed by atoms with E-state index in [2.05, 4.69) is 29.3 Å². The van der Waals surface area contributed by atoms with Crippen LogP contribution in [0.15, 0.2) is 23.5 Å². The van der Waals surface area contributed by atoms with E-state index in [4.69, 9.17) is 0 Å². The molecular formula is C8H12N2. The van der Waals surface area contributed by atoms with E-state index in [1.807, 2.05) is 0 Å². The molecule has 2 aliphatic heterocycles. The van der Waals surface area contributed by atoms with Gasteiger partial charge in [-0.05, 0) is 6.92 Å². The first-order valence-electron chi connectivity index (χ1n) is 3.71. The van der Waals surface area contributed by atoms with E-state index in [0.29, 0.717) is 0 Å². The minimum absolute atomic E-state index is 1.01. The van der Waals surface area contributed by atoms with E-state index in [1.165, 1.54) is 11.4 Å². The largest absolute Gasteiger partial charge is 0.370 e. The van der Waals surface area contributed by atoms with Gasteiger partial charge in [-0.2, -0.15) is 0 Å². The monoisotopic (exact) mass is 136 g/mol. The summed E-state index contributed by atoms with van der Waals surface area (Å²) in [6.07, 6.45) is 5.57. The van der Waals surface area contributed by atoms with Crippen molar-refractivity contribution in [2.24, 2.45) is 0 Å². The van der Waals surface area contributed by atoms with Crippen LogP contribution in [0.2, 0.25) is 0 Å². The highest BCUT2D eigenvalue weighted by molar-refractivity contribution is 5.21. The third-order valence-corrected chi connectivity index (χ3v) is 2.15. The van der Waals surface area contributed by atoms with Crippen molar-refractivity contribution in [3.05, 3.63) is 23.5 Å². The fourth-order valence-electron chi connectivity index (χ4n) is 1.50. The van der Waals surface area contributed by atoms with Crippen molar-refractivity contribution in [1.29, 1.82) is 0 Å². The molecule has 2 rings (SSSR count). The van der Waals surface area contributed by atoms with Gasteiger partial charge in [0.1, 0.15) is 0 Å². The third-order valence-electron chi connectivity index (χ3n) is 2.15. The van der Waals surface area contributed by atoms with Crippen molar-refractivity contribution < 1.29 is 0 Å². The lowest BCUT2D eigenvalue weighted by Gasteiger charge is -2.21. The maximum Gasteiger partial charge on any atom is 0.0875 e. The molecule has 0 unspecified atom stereocenters. The van der Waals surface area contributed by atoms with Gasteiger partial charge in [0.2, 0.25) is 0 Å². The molecule has 10 heavy (non-hydrogen) atoms. The Kier molecular flexibility index (Phi) is 1.19. The molecule has 0 spiro atoms. The van der Waals surface area contributed by atoms with Gasteiger partial charge in [-0.1, -0.05) is 12.2 Å². The number of nitrogens with one attached hydrogen (secondary N) is 1. The van der Waals surface area contributed by atoms with Gasteiger partial charge < -0.3 is 10.2 Å². The Balaban J connectivity index is 2.28. The summed E-state index contributed by atoms with van der Waals surface area (Å²) in [6.45, 7) is 4.24. The van der Waals surface area contributed by atoms with E-state index < -0.39 is 0 Å². The van der Waals surface area contributed by atoms with Crippen molar-refractivity contribution >= 4 is 0 Å². The number of hydrogen-bond donors (Lipinski definition) is 1. The van der Waals surface area contributed by atoms with Crippen LogP contribution in [0, 0.1) is 0 Å². The fraction of sp³-hybridized carbons (Fsp3) is 0.500. The second-order valence-corrected chi connectivity index (χ2v) is 2.80. The summed E-state index contributed by atoms with van der Waals surface area (Å²) >= 11 is 0. The zero-order valence-corrected chi connectivity index (χ0v) is 6.22. The van der Waals surface area contributed by atoms with Crippen LogP contribution in [0.5, 0.6) is 0 Å². The van der Waals surface area contributed by atoms with E-state index in [0.717, 1.165) is 19.6 Å². The van der Waals surface area contributed by atoms with Crippen molar-refractivity contribution in [3.63, 3.8) is 0 Å². The highest BCUT2D eigenvalue weighted by atomic mass is 15.3. The van der Waals surface area contributed by atoms with Gasteiger partial charge >= 0.3 is 0 Å². The molecule has 2 heteroatoms. The Morgan fingerprint density at radius 1 is 1.50 bits per heavy atom. The van der Waals surface area contributed by atoms with E-state index in [1.54, 1.807) is 0 Å². The third kappa shape index (κ3) is 0.719. The predicted octanol–water partition coefficient (Wildman–Crippen LogP) is 1.04. The average Bonchev–Trinajstić information content (AvgIpc) is 2.34. The van der Waals surface area contributed by atoms with Crippen LogP contribution in [0.4, 0.5) is 0 Å². The van der Waals surface area contributed by atoms with Gasteiger partial charge in [0.25, 0.3) is 0 Å². The highest BCUT2D eigenvalue weighted by Gasteiger charge is 2.18. The Bertz CT molecular complexity index is 203. The molecule has 54 valence electrons. The topological polar surface area (TPSA) is 15.3 Å². The molecule has 0 atom stereocenters. The van der Waals surface area contributed by atoms with Gasteiger partial charge in [-0.3, -0.25) is 0 Å². The van der Waals surface area contributed by atoms with Crippen LogP contribution >= 0.6 is 0 Å². The van der Waals surface area contributed by atoms with E-state index in [-0.39, 0.29) is 0 Å². The molecule has 0 fully saturated rings. The molecule has 0 radical (unpaired) electrons. The van der Waals surface area contributed by atoms with Crippen molar-refractivity contribution in [2.45, 2.75) is 13.3 Å². The zero-order valence-electron chi connectivity index (χ0n) is 6.22. The van der Waals surface area contributed by atoms with Crippen LogP contribution in [0.3, 0.4) is 0 Å². The molecule has 0 amide bonds. The number of allylic oxidation sites excluding steroid dienone is 2. The summed E-state index contributed by atoms with van der Waals surface area (Å²) in [6, 6.07) is 0. The summed E-state index contributed by atoms with van der Waals surface area (Å²) in [5.74, 6) is 0. The van der Waals surface area contributed by atoms with E-state index in [9.17, 15) is 0 Å². The molecule has 0 aliphatic carbocycles. The van der Waals surface area contributed by atoms with Gasteiger partial charge in [0.05, 0.1) is 6.67 Å². The van der Waals surface area contributed by atoms with Crippen LogP contribution in [-0.2, 0) is 0 Å².